The van der Waals surface area contributed by atoms with Crippen LogP contribution >= 0.6 is 0 Å². The topological polar surface area (TPSA) is 96.5 Å². The summed E-state index contributed by atoms with van der Waals surface area (Å²) in [6.07, 6.45) is 3.72. The third-order valence-electron chi connectivity index (χ3n) is 3.26. The van der Waals surface area contributed by atoms with Crippen molar-refractivity contribution in [1.82, 2.24) is 4.31 Å². The Morgan fingerprint density at radius 3 is 2.50 bits per heavy atom. The second kappa shape index (κ2) is 7.06. The Bertz CT molecular complexity index is 364. The summed E-state index contributed by atoms with van der Waals surface area (Å²) in [4.78, 5) is 0. The van der Waals surface area contributed by atoms with E-state index in [9.17, 15) is 8.42 Å². The van der Waals surface area contributed by atoms with E-state index in [2.05, 4.69) is 0 Å². The first-order chi connectivity index (χ1) is 8.48. The third kappa shape index (κ3) is 4.22. The Balaban J connectivity index is 2.69. The van der Waals surface area contributed by atoms with Gasteiger partial charge in [-0.15, -0.1) is 0 Å². The Morgan fingerprint density at radius 1 is 1.39 bits per heavy atom. The summed E-state index contributed by atoms with van der Waals surface area (Å²) in [5.41, 5.74) is 5.30. The summed E-state index contributed by atoms with van der Waals surface area (Å²) in [6, 6.07) is 0. The van der Waals surface area contributed by atoms with Crippen molar-refractivity contribution < 1.29 is 13.2 Å². The second-order valence-electron chi connectivity index (χ2n) is 4.62. The molecule has 0 aromatic rings. The van der Waals surface area contributed by atoms with Crippen molar-refractivity contribution in [3.05, 3.63) is 0 Å². The highest BCUT2D eigenvalue weighted by Gasteiger charge is 2.33. The maximum Gasteiger partial charge on any atom is 0.217 e. The summed E-state index contributed by atoms with van der Waals surface area (Å²) in [5, 5.41) is 6.94. The molecule has 0 aliphatic heterocycles. The lowest BCUT2D eigenvalue weighted by atomic mass is 10.4. The first-order valence-corrected chi connectivity index (χ1v) is 7.79. The number of methoxy groups -OCH3 is 1. The lowest BCUT2D eigenvalue weighted by Gasteiger charge is -2.25. The van der Waals surface area contributed by atoms with Crippen LogP contribution in [0.1, 0.15) is 32.1 Å². The molecule has 1 fully saturated rings. The fourth-order valence-electron chi connectivity index (χ4n) is 2.20. The van der Waals surface area contributed by atoms with Gasteiger partial charge in [-0.1, -0.05) is 12.8 Å². The summed E-state index contributed by atoms with van der Waals surface area (Å²) >= 11 is 0. The van der Waals surface area contributed by atoms with Gasteiger partial charge in [-0.2, -0.15) is 4.31 Å². The van der Waals surface area contributed by atoms with E-state index in [0.29, 0.717) is 13.2 Å². The summed E-state index contributed by atoms with van der Waals surface area (Å²) < 4.78 is 31.2. The molecule has 1 rings (SSSR count). The van der Waals surface area contributed by atoms with Crippen LogP contribution < -0.4 is 5.73 Å². The van der Waals surface area contributed by atoms with Gasteiger partial charge in [-0.3, -0.25) is 5.41 Å². The highest BCUT2D eigenvalue weighted by atomic mass is 32.2. The Morgan fingerprint density at radius 2 is 2.00 bits per heavy atom. The Labute approximate surface area is 109 Å². The normalized spacial score (nSPS) is 17.4. The molecule has 0 spiro atoms. The van der Waals surface area contributed by atoms with Gasteiger partial charge in [0, 0.05) is 26.6 Å². The SMILES string of the molecule is COCCN(CCC(=N)N)S(=O)(=O)C1CCCC1. The van der Waals surface area contributed by atoms with Gasteiger partial charge in [0.2, 0.25) is 10.0 Å². The van der Waals surface area contributed by atoms with Gasteiger partial charge >= 0.3 is 0 Å². The number of nitrogens with two attached hydrogens (primary N) is 1. The number of sulfonamides is 1. The van der Waals surface area contributed by atoms with Crippen LogP contribution in [-0.4, -0.2) is 50.6 Å². The van der Waals surface area contributed by atoms with E-state index >= 15 is 0 Å². The van der Waals surface area contributed by atoms with Crippen LogP contribution in [0, 0.1) is 5.41 Å². The summed E-state index contributed by atoms with van der Waals surface area (Å²) in [6.45, 7) is 0.976. The molecule has 6 nitrogen and oxygen atoms in total. The lowest BCUT2D eigenvalue weighted by Crippen LogP contribution is -2.41. The molecule has 0 unspecified atom stereocenters. The molecule has 1 saturated carbocycles. The first kappa shape index (κ1) is 15.4. The highest BCUT2D eigenvalue weighted by Crippen LogP contribution is 2.27. The molecule has 0 atom stereocenters. The van der Waals surface area contributed by atoms with E-state index < -0.39 is 10.0 Å². The number of nitrogens with one attached hydrogen (secondary N) is 1. The zero-order valence-corrected chi connectivity index (χ0v) is 11.7. The van der Waals surface area contributed by atoms with Gasteiger partial charge < -0.3 is 10.5 Å². The van der Waals surface area contributed by atoms with Crippen LogP contribution in [0.25, 0.3) is 0 Å². The van der Waals surface area contributed by atoms with Crippen molar-refractivity contribution in [1.29, 1.82) is 5.41 Å². The van der Waals surface area contributed by atoms with E-state index in [1.54, 1.807) is 7.11 Å². The van der Waals surface area contributed by atoms with E-state index in [0.717, 1.165) is 25.7 Å². The summed E-state index contributed by atoms with van der Waals surface area (Å²) in [5.74, 6) is 0.0130. The van der Waals surface area contributed by atoms with Gasteiger partial charge in [-0.05, 0) is 12.8 Å². The molecule has 1 aliphatic rings. The average molecular weight is 277 g/mol. The van der Waals surface area contributed by atoms with Crippen LogP contribution in [0.3, 0.4) is 0 Å². The van der Waals surface area contributed by atoms with Crippen LogP contribution in [0.2, 0.25) is 0 Å². The predicted octanol–water partition coefficient (Wildman–Crippen LogP) is 0.533. The van der Waals surface area contributed by atoms with Crippen molar-refractivity contribution in [3.63, 3.8) is 0 Å². The molecule has 0 aromatic carbocycles. The fraction of sp³-hybridized carbons (Fsp3) is 0.909. The highest BCUT2D eigenvalue weighted by molar-refractivity contribution is 7.89. The number of nitrogens with zero attached hydrogens (tertiary/aromatic N) is 1. The molecule has 106 valence electrons. The maximum atomic E-state index is 12.4. The van der Waals surface area contributed by atoms with Crippen LogP contribution in [0.4, 0.5) is 0 Å². The Kier molecular flexibility index (Phi) is 6.04. The zero-order valence-electron chi connectivity index (χ0n) is 10.9. The van der Waals surface area contributed by atoms with Crippen LogP contribution in [0.15, 0.2) is 0 Å². The Hall–Kier alpha value is -0.660. The van der Waals surface area contributed by atoms with E-state index in [-0.39, 0.29) is 24.1 Å². The molecule has 0 heterocycles. The van der Waals surface area contributed by atoms with Crippen LogP contribution in [0.5, 0.6) is 0 Å². The molecule has 0 amide bonds. The van der Waals surface area contributed by atoms with Gasteiger partial charge in [0.15, 0.2) is 0 Å². The fourth-order valence-corrected chi connectivity index (χ4v) is 4.23. The number of amidine groups is 1. The number of hydrogen-bond acceptors (Lipinski definition) is 4. The van der Waals surface area contributed by atoms with Gasteiger partial charge in [0.25, 0.3) is 0 Å². The second-order valence-corrected chi connectivity index (χ2v) is 6.83. The van der Waals surface area contributed by atoms with Crippen molar-refractivity contribution in [2.75, 3.05) is 26.8 Å². The standard InChI is InChI=1S/C11H23N3O3S/c1-17-9-8-14(7-6-11(12)13)18(15,16)10-4-2-3-5-10/h10H,2-9H2,1H3,(H3,12,13). The number of ether oxygens (including phenoxy) is 1. The van der Waals surface area contributed by atoms with Gasteiger partial charge in [0.1, 0.15) is 0 Å². The molecule has 0 radical (unpaired) electrons. The van der Waals surface area contributed by atoms with Crippen molar-refractivity contribution in [3.8, 4) is 0 Å². The zero-order chi connectivity index (χ0) is 13.6. The van der Waals surface area contributed by atoms with Crippen molar-refractivity contribution in [2.45, 2.75) is 37.4 Å². The number of hydrogen-bond donors (Lipinski definition) is 2. The molecule has 18 heavy (non-hydrogen) atoms. The largest absolute Gasteiger partial charge is 0.388 e. The quantitative estimate of drug-likeness (QED) is 0.499. The minimum atomic E-state index is -3.27. The molecule has 1 aliphatic carbocycles. The predicted molar refractivity (Wildman–Crippen MR) is 71.2 cm³/mol. The first-order valence-electron chi connectivity index (χ1n) is 6.29. The smallest absolute Gasteiger partial charge is 0.217 e. The van der Waals surface area contributed by atoms with Crippen molar-refractivity contribution >= 4 is 15.9 Å². The maximum absolute atomic E-state index is 12.4. The number of rotatable bonds is 8. The molecular weight excluding hydrogens is 254 g/mol. The lowest BCUT2D eigenvalue weighted by molar-refractivity contribution is 0.179. The van der Waals surface area contributed by atoms with Gasteiger partial charge in [0.05, 0.1) is 17.7 Å². The molecule has 0 saturated heterocycles. The molecule has 7 heteroatoms. The summed E-state index contributed by atoms with van der Waals surface area (Å²) in [7, 11) is -1.72. The van der Waals surface area contributed by atoms with Crippen LogP contribution in [-0.2, 0) is 14.8 Å². The molecular formula is C11H23N3O3S. The van der Waals surface area contributed by atoms with Crippen molar-refractivity contribution in [2.24, 2.45) is 5.73 Å². The third-order valence-corrected chi connectivity index (χ3v) is 5.66. The van der Waals surface area contributed by atoms with E-state index in [1.165, 1.54) is 4.31 Å². The minimum absolute atomic E-state index is 0.0130. The molecule has 0 bridgehead atoms. The average Bonchev–Trinajstić information content (AvgIpc) is 2.82. The van der Waals surface area contributed by atoms with E-state index in [1.807, 2.05) is 0 Å². The van der Waals surface area contributed by atoms with E-state index in [4.69, 9.17) is 15.9 Å². The molecule has 3 N–H and O–H groups in total. The minimum Gasteiger partial charge on any atom is -0.388 e. The van der Waals surface area contributed by atoms with Gasteiger partial charge in [-0.25, -0.2) is 8.42 Å². The molecule has 0 aromatic heterocycles. The monoisotopic (exact) mass is 277 g/mol.